The Morgan fingerprint density at radius 1 is 1.32 bits per heavy atom. The Morgan fingerprint density at radius 3 is 2.55 bits per heavy atom. The molecule has 0 N–H and O–H groups in total. The highest BCUT2D eigenvalue weighted by Crippen LogP contribution is 2.25. The Balaban J connectivity index is 2.07. The van der Waals surface area contributed by atoms with E-state index in [4.69, 9.17) is 0 Å². The number of hydrogen-bond acceptors (Lipinski definition) is 3. The van der Waals surface area contributed by atoms with E-state index >= 15 is 0 Å². The molecule has 1 saturated heterocycles. The zero-order chi connectivity index (χ0) is 16.3. The number of amides is 1. The summed E-state index contributed by atoms with van der Waals surface area (Å²) in [4.78, 5) is 14.4. The van der Waals surface area contributed by atoms with E-state index in [9.17, 15) is 13.2 Å². The zero-order valence-corrected chi connectivity index (χ0v) is 14.2. The lowest BCUT2D eigenvalue weighted by Gasteiger charge is -2.34. The van der Waals surface area contributed by atoms with Crippen LogP contribution in [0.15, 0.2) is 30.3 Å². The van der Waals surface area contributed by atoms with E-state index in [1.165, 1.54) is 10.6 Å². The van der Waals surface area contributed by atoms with Gasteiger partial charge in [0.1, 0.15) is 0 Å². The fourth-order valence-corrected chi connectivity index (χ4v) is 3.79. The van der Waals surface area contributed by atoms with Gasteiger partial charge in [-0.3, -0.25) is 4.79 Å². The van der Waals surface area contributed by atoms with Crippen LogP contribution in [0.1, 0.15) is 31.4 Å². The molecule has 0 aliphatic carbocycles. The number of carbonyl (C=O) groups excluding carboxylic acids is 1. The van der Waals surface area contributed by atoms with E-state index in [0.29, 0.717) is 13.1 Å². The van der Waals surface area contributed by atoms with Crippen LogP contribution >= 0.6 is 0 Å². The van der Waals surface area contributed by atoms with E-state index in [-0.39, 0.29) is 17.9 Å². The van der Waals surface area contributed by atoms with Crippen LogP contribution in [0.4, 0.5) is 0 Å². The van der Waals surface area contributed by atoms with Gasteiger partial charge in [-0.05, 0) is 25.3 Å². The molecule has 1 heterocycles. The predicted octanol–water partition coefficient (Wildman–Crippen LogP) is 1.88. The van der Waals surface area contributed by atoms with E-state index in [1.807, 2.05) is 37.3 Å². The van der Waals surface area contributed by atoms with Crippen molar-refractivity contribution in [3.05, 3.63) is 35.9 Å². The Kier molecular flexibility index (Phi) is 5.24. The number of nitrogens with zero attached hydrogens (tertiary/aromatic N) is 2. The zero-order valence-electron chi connectivity index (χ0n) is 13.4. The Hall–Kier alpha value is -1.40. The summed E-state index contributed by atoms with van der Waals surface area (Å²) in [7, 11) is -1.44. The van der Waals surface area contributed by atoms with Crippen molar-refractivity contribution in [2.75, 3.05) is 26.4 Å². The maximum absolute atomic E-state index is 12.7. The molecule has 0 unspecified atom stereocenters. The molecule has 0 aromatic heterocycles. The van der Waals surface area contributed by atoms with Crippen LogP contribution in [0, 0.1) is 5.92 Å². The van der Waals surface area contributed by atoms with E-state index in [0.717, 1.165) is 18.4 Å². The van der Waals surface area contributed by atoms with Gasteiger partial charge in [0.25, 0.3) is 0 Å². The highest BCUT2D eigenvalue weighted by Gasteiger charge is 2.32. The summed E-state index contributed by atoms with van der Waals surface area (Å²) in [6.45, 7) is 2.80. The molecule has 5 nitrogen and oxygen atoms in total. The van der Waals surface area contributed by atoms with Crippen LogP contribution in [0.5, 0.6) is 0 Å². The fourth-order valence-electron chi connectivity index (χ4n) is 2.88. The van der Waals surface area contributed by atoms with Gasteiger partial charge in [0.05, 0.1) is 18.2 Å². The maximum atomic E-state index is 12.7. The SMILES string of the molecule is C[C@@H](c1ccccc1)N(C)C(=O)[C@H]1CCCN(S(C)(=O)=O)C1. The third-order valence-electron chi connectivity index (χ3n) is 4.41. The van der Waals surface area contributed by atoms with Crippen LogP contribution < -0.4 is 0 Å². The van der Waals surface area contributed by atoms with Crippen molar-refractivity contribution in [1.82, 2.24) is 9.21 Å². The van der Waals surface area contributed by atoms with Gasteiger partial charge < -0.3 is 4.90 Å². The minimum absolute atomic E-state index is 0.0182. The predicted molar refractivity (Wildman–Crippen MR) is 86.8 cm³/mol. The summed E-state index contributed by atoms with van der Waals surface area (Å²) in [6, 6.07) is 9.83. The lowest BCUT2D eigenvalue weighted by molar-refractivity contribution is -0.137. The van der Waals surface area contributed by atoms with Crippen LogP contribution in [0.3, 0.4) is 0 Å². The van der Waals surface area contributed by atoms with Crippen molar-refractivity contribution in [2.24, 2.45) is 5.92 Å². The van der Waals surface area contributed by atoms with Crippen molar-refractivity contribution >= 4 is 15.9 Å². The average Bonchev–Trinajstić information content (AvgIpc) is 2.53. The molecular formula is C16H24N2O3S. The van der Waals surface area contributed by atoms with Crippen LogP contribution in [0.2, 0.25) is 0 Å². The van der Waals surface area contributed by atoms with Crippen molar-refractivity contribution in [3.63, 3.8) is 0 Å². The van der Waals surface area contributed by atoms with E-state index < -0.39 is 10.0 Å². The third kappa shape index (κ3) is 3.87. The largest absolute Gasteiger partial charge is 0.339 e. The number of piperidine rings is 1. The molecule has 0 saturated carbocycles. The maximum Gasteiger partial charge on any atom is 0.227 e. The Morgan fingerprint density at radius 2 is 1.95 bits per heavy atom. The first-order chi connectivity index (χ1) is 10.3. The van der Waals surface area contributed by atoms with E-state index in [2.05, 4.69) is 0 Å². The van der Waals surface area contributed by atoms with Crippen molar-refractivity contribution in [3.8, 4) is 0 Å². The average molecular weight is 324 g/mol. The summed E-state index contributed by atoms with van der Waals surface area (Å²) >= 11 is 0. The molecule has 0 bridgehead atoms. The molecule has 6 heteroatoms. The van der Waals surface area contributed by atoms with Gasteiger partial charge in [0, 0.05) is 20.1 Å². The number of carbonyl (C=O) groups is 1. The highest BCUT2D eigenvalue weighted by molar-refractivity contribution is 7.88. The standard InChI is InChI=1S/C16H24N2O3S/c1-13(14-8-5-4-6-9-14)17(2)16(19)15-10-7-11-18(12-15)22(3,20)21/h4-6,8-9,13,15H,7,10-12H2,1-3H3/t13-,15-/m0/s1. The molecule has 1 fully saturated rings. The monoisotopic (exact) mass is 324 g/mol. The molecule has 0 radical (unpaired) electrons. The summed E-state index contributed by atoms with van der Waals surface area (Å²) in [5, 5.41) is 0. The second kappa shape index (κ2) is 6.79. The van der Waals surface area contributed by atoms with Gasteiger partial charge in [-0.1, -0.05) is 30.3 Å². The first-order valence-corrected chi connectivity index (χ1v) is 9.42. The molecule has 122 valence electrons. The highest BCUT2D eigenvalue weighted by atomic mass is 32.2. The van der Waals surface area contributed by atoms with Gasteiger partial charge in [0.2, 0.25) is 15.9 Å². The molecule has 1 aliphatic rings. The molecule has 1 aromatic carbocycles. The van der Waals surface area contributed by atoms with Gasteiger partial charge in [-0.25, -0.2) is 12.7 Å². The van der Waals surface area contributed by atoms with Gasteiger partial charge in [0.15, 0.2) is 0 Å². The Bertz CT molecular complexity index is 616. The number of hydrogen-bond donors (Lipinski definition) is 0. The number of benzene rings is 1. The van der Waals surface area contributed by atoms with Gasteiger partial charge >= 0.3 is 0 Å². The summed E-state index contributed by atoms with van der Waals surface area (Å²) in [5.41, 5.74) is 1.08. The second-order valence-corrected chi connectivity index (χ2v) is 7.98. The molecule has 2 atom stereocenters. The van der Waals surface area contributed by atoms with Crippen LogP contribution in [-0.4, -0.2) is 49.9 Å². The van der Waals surface area contributed by atoms with Gasteiger partial charge in [-0.15, -0.1) is 0 Å². The minimum Gasteiger partial charge on any atom is -0.339 e. The number of sulfonamides is 1. The van der Waals surface area contributed by atoms with Crippen LogP contribution in [-0.2, 0) is 14.8 Å². The lowest BCUT2D eigenvalue weighted by atomic mass is 9.97. The first kappa shape index (κ1) is 17.0. The van der Waals surface area contributed by atoms with E-state index in [1.54, 1.807) is 11.9 Å². The quantitative estimate of drug-likeness (QED) is 0.850. The van der Waals surface area contributed by atoms with Crippen molar-refractivity contribution in [2.45, 2.75) is 25.8 Å². The topological polar surface area (TPSA) is 57.7 Å². The molecule has 22 heavy (non-hydrogen) atoms. The Labute approximate surface area is 133 Å². The third-order valence-corrected chi connectivity index (χ3v) is 5.68. The summed E-state index contributed by atoms with van der Waals surface area (Å²) in [5.74, 6) is -0.232. The van der Waals surface area contributed by atoms with Crippen LogP contribution in [0.25, 0.3) is 0 Å². The molecular weight excluding hydrogens is 300 g/mol. The number of rotatable bonds is 4. The first-order valence-electron chi connectivity index (χ1n) is 7.57. The molecule has 1 aliphatic heterocycles. The fraction of sp³-hybridized carbons (Fsp3) is 0.562. The molecule has 1 aromatic rings. The van der Waals surface area contributed by atoms with Gasteiger partial charge in [-0.2, -0.15) is 0 Å². The summed E-state index contributed by atoms with van der Waals surface area (Å²) in [6.07, 6.45) is 2.68. The molecule has 0 spiro atoms. The smallest absolute Gasteiger partial charge is 0.227 e. The van der Waals surface area contributed by atoms with Crippen molar-refractivity contribution in [1.29, 1.82) is 0 Å². The minimum atomic E-state index is -3.23. The summed E-state index contributed by atoms with van der Waals surface area (Å²) < 4.78 is 24.8. The molecule has 1 amide bonds. The second-order valence-electron chi connectivity index (χ2n) is 6.00. The van der Waals surface area contributed by atoms with Crippen molar-refractivity contribution < 1.29 is 13.2 Å². The normalized spacial score (nSPS) is 21.3. The lowest BCUT2D eigenvalue weighted by Crippen LogP contribution is -2.46. The molecule has 2 rings (SSSR count).